The SMILES string of the molecule is CCS(=O)(=O)N1CCN(C(=O)c2cc3c(C)cccn3c2)[C@H](C)C1. The molecule has 1 aliphatic heterocycles. The third-order valence-corrected chi connectivity index (χ3v) is 6.55. The Bertz CT molecular complexity index is 872. The van der Waals surface area contributed by atoms with Crippen molar-refractivity contribution in [1.82, 2.24) is 13.6 Å². The predicted molar refractivity (Wildman–Crippen MR) is 93.7 cm³/mol. The molecule has 3 rings (SSSR count). The summed E-state index contributed by atoms with van der Waals surface area (Å²) in [6.07, 6.45) is 3.76. The highest BCUT2D eigenvalue weighted by atomic mass is 32.2. The van der Waals surface area contributed by atoms with Crippen LogP contribution in [-0.2, 0) is 10.0 Å². The smallest absolute Gasteiger partial charge is 0.255 e. The molecule has 6 nitrogen and oxygen atoms in total. The van der Waals surface area contributed by atoms with E-state index < -0.39 is 10.0 Å². The summed E-state index contributed by atoms with van der Waals surface area (Å²) in [6.45, 7) is 6.70. The summed E-state index contributed by atoms with van der Waals surface area (Å²) in [4.78, 5) is 14.6. The average Bonchev–Trinajstić information content (AvgIpc) is 3.00. The molecule has 0 aromatic carbocycles. The Labute approximate surface area is 142 Å². The molecule has 0 aliphatic carbocycles. The Kier molecular flexibility index (Phi) is 4.40. The number of rotatable bonds is 3. The minimum Gasteiger partial charge on any atom is -0.333 e. The first-order valence-corrected chi connectivity index (χ1v) is 9.80. The van der Waals surface area contributed by atoms with Crippen LogP contribution in [0.1, 0.15) is 29.8 Å². The van der Waals surface area contributed by atoms with Crippen molar-refractivity contribution in [2.24, 2.45) is 0 Å². The molecule has 2 aromatic rings. The van der Waals surface area contributed by atoms with Gasteiger partial charge in [0.15, 0.2) is 0 Å². The van der Waals surface area contributed by atoms with Crippen LogP contribution in [0.25, 0.3) is 5.52 Å². The van der Waals surface area contributed by atoms with Gasteiger partial charge < -0.3 is 9.30 Å². The molecule has 1 aliphatic rings. The lowest BCUT2D eigenvalue weighted by molar-refractivity contribution is 0.0592. The van der Waals surface area contributed by atoms with E-state index in [1.165, 1.54) is 4.31 Å². The van der Waals surface area contributed by atoms with Crippen LogP contribution in [0.5, 0.6) is 0 Å². The standard InChI is InChI=1S/C17H23N3O3S/c1-4-24(22,23)19-8-9-20(14(3)11-19)17(21)15-10-16-13(2)6-5-7-18(16)12-15/h5-7,10,12,14H,4,8-9,11H2,1-3H3/t14-/m1/s1. The molecule has 24 heavy (non-hydrogen) atoms. The van der Waals surface area contributed by atoms with Crippen LogP contribution >= 0.6 is 0 Å². The molecule has 1 amide bonds. The van der Waals surface area contributed by atoms with Crippen LogP contribution in [0.3, 0.4) is 0 Å². The first-order chi connectivity index (χ1) is 11.3. The summed E-state index contributed by atoms with van der Waals surface area (Å²) in [7, 11) is -3.20. The number of carbonyl (C=O) groups is 1. The number of amides is 1. The number of fused-ring (bicyclic) bond motifs is 1. The first-order valence-electron chi connectivity index (χ1n) is 8.19. The predicted octanol–water partition coefficient (Wildman–Crippen LogP) is 1.74. The Morgan fingerprint density at radius 2 is 2.08 bits per heavy atom. The third-order valence-electron chi connectivity index (χ3n) is 4.70. The molecule has 3 heterocycles. The van der Waals surface area contributed by atoms with Gasteiger partial charge in [-0.05, 0) is 38.5 Å². The molecular formula is C17H23N3O3S. The van der Waals surface area contributed by atoms with Gasteiger partial charge in [0.25, 0.3) is 5.91 Å². The number of aryl methyl sites for hydroxylation is 1. The number of nitrogens with zero attached hydrogens (tertiary/aromatic N) is 3. The maximum absolute atomic E-state index is 12.9. The van der Waals surface area contributed by atoms with E-state index in [0.29, 0.717) is 25.2 Å². The molecule has 0 unspecified atom stereocenters. The fourth-order valence-electron chi connectivity index (χ4n) is 3.23. The molecule has 0 bridgehead atoms. The summed E-state index contributed by atoms with van der Waals surface area (Å²) in [5.74, 6) is 0.0526. The molecule has 2 aromatic heterocycles. The highest BCUT2D eigenvalue weighted by Crippen LogP contribution is 2.20. The maximum atomic E-state index is 12.9. The van der Waals surface area contributed by atoms with E-state index in [1.807, 2.05) is 48.8 Å². The quantitative estimate of drug-likeness (QED) is 0.848. The Hall–Kier alpha value is -1.86. The van der Waals surface area contributed by atoms with Crippen LogP contribution in [0.2, 0.25) is 0 Å². The second-order valence-corrected chi connectivity index (χ2v) is 8.58. The van der Waals surface area contributed by atoms with Gasteiger partial charge in [-0.2, -0.15) is 4.31 Å². The number of piperazine rings is 1. The van der Waals surface area contributed by atoms with E-state index >= 15 is 0 Å². The van der Waals surface area contributed by atoms with Crippen LogP contribution in [0.4, 0.5) is 0 Å². The maximum Gasteiger partial charge on any atom is 0.255 e. The summed E-state index contributed by atoms with van der Waals surface area (Å²) < 4.78 is 27.5. The molecular weight excluding hydrogens is 326 g/mol. The molecule has 0 radical (unpaired) electrons. The number of hydrogen-bond donors (Lipinski definition) is 0. The highest BCUT2D eigenvalue weighted by molar-refractivity contribution is 7.89. The van der Waals surface area contributed by atoms with Crippen molar-refractivity contribution in [3.05, 3.63) is 41.7 Å². The number of carbonyl (C=O) groups excluding carboxylic acids is 1. The molecule has 7 heteroatoms. The van der Waals surface area contributed by atoms with E-state index in [-0.39, 0.29) is 17.7 Å². The second kappa shape index (κ2) is 6.22. The summed E-state index contributed by atoms with van der Waals surface area (Å²) in [6, 6.07) is 5.73. The van der Waals surface area contributed by atoms with Crippen molar-refractivity contribution < 1.29 is 13.2 Å². The third kappa shape index (κ3) is 2.93. The molecule has 0 saturated carbocycles. The fourth-order valence-corrected chi connectivity index (χ4v) is 4.40. The summed E-state index contributed by atoms with van der Waals surface area (Å²) in [5, 5.41) is 0. The zero-order chi connectivity index (χ0) is 17.5. The number of sulfonamides is 1. The van der Waals surface area contributed by atoms with Gasteiger partial charge in [-0.1, -0.05) is 6.07 Å². The van der Waals surface area contributed by atoms with E-state index in [9.17, 15) is 13.2 Å². The normalized spacial score (nSPS) is 19.8. The molecule has 1 atom stereocenters. The van der Waals surface area contributed by atoms with E-state index in [0.717, 1.165) is 11.1 Å². The lowest BCUT2D eigenvalue weighted by atomic mass is 10.1. The Morgan fingerprint density at radius 1 is 1.33 bits per heavy atom. The van der Waals surface area contributed by atoms with Gasteiger partial charge in [-0.3, -0.25) is 4.79 Å². The van der Waals surface area contributed by atoms with Crippen molar-refractivity contribution in [2.45, 2.75) is 26.8 Å². The van der Waals surface area contributed by atoms with E-state index in [4.69, 9.17) is 0 Å². The van der Waals surface area contributed by atoms with E-state index in [2.05, 4.69) is 0 Å². The molecule has 1 fully saturated rings. The van der Waals surface area contributed by atoms with Crippen molar-refractivity contribution >= 4 is 21.4 Å². The van der Waals surface area contributed by atoms with Gasteiger partial charge in [0.2, 0.25) is 10.0 Å². The van der Waals surface area contributed by atoms with Crippen molar-refractivity contribution in [2.75, 3.05) is 25.4 Å². The Morgan fingerprint density at radius 3 is 2.71 bits per heavy atom. The lowest BCUT2D eigenvalue weighted by Crippen LogP contribution is -2.55. The fraction of sp³-hybridized carbons (Fsp3) is 0.471. The van der Waals surface area contributed by atoms with Crippen LogP contribution in [-0.4, -0.2) is 59.4 Å². The zero-order valence-corrected chi connectivity index (χ0v) is 15.1. The van der Waals surface area contributed by atoms with Gasteiger partial charge in [-0.25, -0.2) is 8.42 Å². The molecule has 0 N–H and O–H groups in total. The molecule has 130 valence electrons. The number of hydrogen-bond acceptors (Lipinski definition) is 3. The van der Waals surface area contributed by atoms with Gasteiger partial charge in [0, 0.05) is 43.6 Å². The van der Waals surface area contributed by atoms with Gasteiger partial charge in [0.05, 0.1) is 11.3 Å². The monoisotopic (exact) mass is 349 g/mol. The minimum absolute atomic E-state index is 0.0425. The second-order valence-electron chi connectivity index (χ2n) is 6.32. The van der Waals surface area contributed by atoms with Gasteiger partial charge in [0.1, 0.15) is 0 Å². The topological polar surface area (TPSA) is 62.1 Å². The lowest BCUT2D eigenvalue weighted by Gasteiger charge is -2.38. The summed E-state index contributed by atoms with van der Waals surface area (Å²) in [5.41, 5.74) is 2.77. The summed E-state index contributed by atoms with van der Waals surface area (Å²) >= 11 is 0. The molecule has 0 spiro atoms. The first kappa shape index (κ1) is 17.0. The van der Waals surface area contributed by atoms with Crippen molar-refractivity contribution in [3.63, 3.8) is 0 Å². The van der Waals surface area contributed by atoms with Crippen LogP contribution < -0.4 is 0 Å². The number of pyridine rings is 1. The largest absolute Gasteiger partial charge is 0.333 e. The van der Waals surface area contributed by atoms with Gasteiger partial charge in [-0.15, -0.1) is 0 Å². The molecule has 1 saturated heterocycles. The zero-order valence-electron chi connectivity index (χ0n) is 14.3. The van der Waals surface area contributed by atoms with Gasteiger partial charge >= 0.3 is 0 Å². The van der Waals surface area contributed by atoms with Crippen LogP contribution in [0.15, 0.2) is 30.6 Å². The van der Waals surface area contributed by atoms with Crippen molar-refractivity contribution in [3.8, 4) is 0 Å². The van der Waals surface area contributed by atoms with Crippen molar-refractivity contribution in [1.29, 1.82) is 0 Å². The van der Waals surface area contributed by atoms with E-state index in [1.54, 1.807) is 11.8 Å². The highest BCUT2D eigenvalue weighted by Gasteiger charge is 2.33. The average molecular weight is 349 g/mol. The number of aromatic nitrogens is 1. The van der Waals surface area contributed by atoms with Crippen LogP contribution in [0, 0.1) is 6.92 Å². The minimum atomic E-state index is -3.20. The Balaban J connectivity index is 1.81.